The second-order valence-electron chi connectivity index (χ2n) is 4.58. The van der Waals surface area contributed by atoms with Crippen molar-refractivity contribution >= 4 is 5.91 Å². The molecule has 14 heavy (non-hydrogen) atoms. The molecule has 2 fully saturated rings. The fourth-order valence-electron chi connectivity index (χ4n) is 2.66. The van der Waals surface area contributed by atoms with Crippen molar-refractivity contribution in [3.05, 3.63) is 0 Å². The SMILES string of the molecule is CC(=O)N1CCC1C(CCO)C1CC1. The number of carbonyl (C=O) groups is 1. The van der Waals surface area contributed by atoms with Gasteiger partial charge in [-0.1, -0.05) is 0 Å². The lowest BCUT2D eigenvalue weighted by Crippen LogP contribution is -2.54. The molecule has 1 aliphatic heterocycles. The van der Waals surface area contributed by atoms with Crippen molar-refractivity contribution in [2.45, 2.75) is 38.6 Å². The minimum atomic E-state index is 0.199. The first-order valence-corrected chi connectivity index (χ1v) is 5.62. The summed E-state index contributed by atoms with van der Waals surface area (Å²) in [5.74, 6) is 1.55. The van der Waals surface area contributed by atoms with E-state index in [0.717, 1.165) is 25.3 Å². The first kappa shape index (κ1) is 9.97. The fraction of sp³-hybridized carbons (Fsp3) is 0.909. The van der Waals surface area contributed by atoms with Crippen LogP contribution in [-0.4, -0.2) is 35.1 Å². The summed E-state index contributed by atoms with van der Waals surface area (Å²) in [6.45, 7) is 2.84. The van der Waals surface area contributed by atoms with Crippen LogP contribution in [0.25, 0.3) is 0 Å². The maximum Gasteiger partial charge on any atom is 0.219 e. The Kier molecular flexibility index (Phi) is 2.77. The summed E-state index contributed by atoms with van der Waals surface area (Å²) in [6, 6.07) is 0.437. The first-order valence-electron chi connectivity index (χ1n) is 5.62. The Bertz CT molecular complexity index is 225. The molecule has 0 bridgehead atoms. The second kappa shape index (κ2) is 3.89. The summed E-state index contributed by atoms with van der Waals surface area (Å²) >= 11 is 0. The zero-order valence-corrected chi connectivity index (χ0v) is 8.78. The smallest absolute Gasteiger partial charge is 0.219 e. The molecular formula is C11H19NO2. The summed E-state index contributed by atoms with van der Waals surface area (Å²) in [6.07, 6.45) is 4.61. The van der Waals surface area contributed by atoms with Gasteiger partial charge in [-0.15, -0.1) is 0 Å². The summed E-state index contributed by atoms with van der Waals surface area (Å²) in [4.78, 5) is 13.2. The van der Waals surface area contributed by atoms with Gasteiger partial charge in [0.25, 0.3) is 0 Å². The van der Waals surface area contributed by atoms with Crippen molar-refractivity contribution in [3.63, 3.8) is 0 Å². The van der Waals surface area contributed by atoms with Crippen molar-refractivity contribution in [1.82, 2.24) is 4.90 Å². The molecule has 0 radical (unpaired) electrons. The van der Waals surface area contributed by atoms with Crippen LogP contribution in [-0.2, 0) is 4.79 Å². The summed E-state index contributed by atoms with van der Waals surface area (Å²) < 4.78 is 0. The predicted molar refractivity (Wildman–Crippen MR) is 53.7 cm³/mol. The molecule has 2 rings (SSSR count). The molecule has 1 N–H and O–H groups in total. The minimum absolute atomic E-state index is 0.199. The molecule has 2 aliphatic rings. The highest BCUT2D eigenvalue weighted by Crippen LogP contribution is 2.44. The van der Waals surface area contributed by atoms with Crippen LogP contribution >= 0.6 is 0 Å². The highest BCUT2D eigenvalue weighted by molar-refractivity contribution is 5.74. The van der Waals surface area contributed by atoms with E-state index in [1.807, 2.05) is 4.90 Å². The van der Waals surface area contributed by atoms with Gasteiger partial charge in [-0.05, 0) is 37.5 Å². The molecule has 0 aromatic carbocycles. The first-order chi connectivity index (χ1) is 6.74. The van der Waals surface area contributed by atoms with Gasteiger partial charge < -0.3 is 10.0 Å². The van der Waals surface area contributed by atoms with E-state index in [9.17, 15) is 4.79 Å². The zero-order valence-electron chi connectivity index (χ0n) is 8.78. The molecular weight excluding hydrogens is 178 g/mol. The van der Waals surface area contributed by atoms with Gasteiger partial charge in [-0.2, -0.15) is 0 Å². The Labute approximate surface area is 85.1 Å². The molecule has 2 atom stereocenters. The van der Waals surface area contributed by atoms with Crippen LogP contribution in [0.15, 0.2) is 0 Å². The van der Waals surface area contributed by atoms with Gasteiger partial charge in [0.05, 0.1) is 0 Å². The summed E-state index contributed by atoms with van der Waals surface area (Å²) in [5.41, 5.74) is 0. The Morgan fingerprint density at radius 2 is 2.21 bits per heavy atom. The van der Waals surface area contributed by atoms with Crippen molar-refractivity contribution in [3.8, 4) is 0 Å². The number of aliphatic hydroxyl groups excluding tert-OH is 1. The molecule has 2 unspecified atom stereocenters. The Morgan fingerprint density at radius 1 is 1.50 bits per heavy atom. The molecule has 1 aliphatic carbocycles. The van der Waals surface area contributed by atoms with E-state index in [0.29, 0.717) is 12.0 Å². The third kappa shape index (κ3) is 1.78. The van der Waals surface area contributed by atoms with E-state index >= 15 is 0 Å². The van der Waals surface area contributed by atoms with Gasteiger partial charge in [-0.3, -0.25) is 4.79 Å². The monoisotopic (exact) mass is 197 g/mol. The molecule has 1 heterocycles. The second-order valence-corrected chi connectivity index (χ2v) is 4.58. The topological polar surface area (TPSA) is 40.5 Å². The summed E-state index contributed by atoms with van der Waals surface area (Å²) in [5, 5.41) is 9.00. The fourth-order valence-corrected chi connectivity index (χ4v) is 2.66. The average Bonchev–Trinajstić information content (AvgIpc) is 2.82. The standard InChI is InChI=1S/C11H19NO2/c1-8(14)12-6-4-11(12)10(5-7-13)9-2-3-9/h9-11,13H,2-7H2,1H3. The molecule has 1 saturated carbocycles. The van der Waals surface area contributed by atoms with Crippen LogP contribution in [0.3, 0.4) is 0 Å². The third-order valence-corrected chi connectivity index (χ3v) is 3.65. The molecule has 1 saturated heterocycles. The maximum atomic E-state index is 11.3. The van der Waals surface area contributed by atoms with E-state index in [2.05, 4.69) is 0 Å². The zero-order chi connectivity index (χ0) is 10.1. The highest BCUT2D eigenvalue weighted by Gasteiger charge is 2.43. The molecule has 0 spiro atoms. The van der Waals surface area contributed by atoms with Crippen LogP contribution in [0.1, 0.15) is 32.6 Å². The van der Waals surface area contributed by atoms with Gasteiger partial charge in [0.15, 0.2) is 0 Å². The van der Waals surface area contributed by atoms with Crippen LogP contribution < -0.4 is 0 Å². The minimum Gasteiger partial charge on any atom is -0.396 e. The Hall–Kier alpha value is -0.570. The van der Waals surface area contributed by atoms with Crippen molar-refractivity contribution in [2.75, 3.05) is 13.2 Å². The maximum absolute atomic E-state index is 11.3. The number of amides is 1. The number of carbonyl (C=O) groups excluding carboxylic acids is 1. The van der Waals surface area contributed by atoms with E-state index in [1.165, 1.54) is 12.8 Å². The highest BCUT2D eigenvalue weighted by atomic mass is 16.3. The number of nitrogens with zero attached hydrogens (tertiary/aromatic N) is 1. The Balaban J connectivity index is 1.93. The van der Waals surface area contributed by atoms with Crippen LogP contribution in [0.5, 0.6) is 0 Å². The Morgan fingerprint density at radius 3 is 2.57 bits per heavy atom. The van der Waals surface area contributed by atoms with Gasteiger partial charge in [0.1, 0.15) is 0 Å². The van der Waals surface area contributed by atoms with Crippen LogP contribution in [0.2, 0.25) is 0 Å². The van der Waals surface area contributed by atoms with Gasteiger partial charge in [0.2, 0.25) is 5.91 Å². The van der Waals surface area contributed by atoms with E-state index in [-0.39, 0.29) is 12.5 Å². The average molecular weight is 197 g/mol. The molecule has 0 aromatic rings. The predicted octanol–water partition coefficient (Wildman–Crippen LogP) is 1.02. The lowest BCUT2D eigenvalue weighted by molar-refractivity contribution is -0.139. The van der Waals surface area contributed by atoms with Gasteiger partial charge >= 0.3 is 0 Å². The number of aliphatic hydroxyl groups is 1. The van der Waals surface area contributed by atoms with E-state index < -0.39 is 0 Å². The van der Waals surface area contributed by atoms with Gasteiger partial charge in [-0.25, -0.2) is 0 Å². The number of hydrogen-bond acceptors (Lipinski definition) is 2. The largest absolute Gasteiger partial charge is 0.396 e. The lowest BCUT2D eigenvalue weighted by atomic mass is 9.83. The molecule has 3 nitrogen and oxygen atoms in total. The number of likely N-dealkylation sites (tertiary alicyclic amines) is 1. The van der Waals surface area contributed by atoms with Crippen molar-refractivity contribution in [1.29, 1.82) is 0 Å². The lowest BCUT2D eigenvalue weighted by Gasteiger charge is -2.45. The molecule has 3 heteroatoms. The van der Waals surface area contributed by atoms with E-state index in [4.69, 9.17) is 5.11 Å². The molecule has 0 aromatic heterocycles. The third-order valence-electron chi connectivity index (χ3n) is 3.65. The van der Waals surface area contributed by atoms with Crippen molar-refractivity contribution < 1.29 is 9.90 Å². The molecule has 1 amide bonds. The van der Waals surface area contributed by atoms with Gasteiger partial charge in [0, 0.05) is 26.1 Å². The van der Waals surface area contributed by atoms with Crippen LogP contribution in [0.4, 0.5) is 0 Å². The van der Waals surface area contributed by atoms with Crippen molar-refractivity contribution in [2.24, 2.45) is 11.8 Å². The molecule has 80 valence electrons. The quantitative estimate of drug-likeness (QED) is 0.731. The van der Waals surface area contributed by atoms with E-state index in [1.54, 1.807) is 6.92 Å². The number of hydrogen-bond donors (Lipinski definition) is 1. The van der Waals surface area contributed by atoms with Crippen LogP contribution in [0, 0.1) is 11.8 Å². The normalized spacial score (nSPS) is 28.4. The number of rotatable bonds is 4. The summed E-state index contributed by atoms with van der Waals surface area (Å²) in [7, 11) is 0.